The van der Waals surface area contributed by atoms with E-state index >= 15 is 0 Å². The van der Waals surface area contributed by atoms with E-state index in [0.29, 0.717) is 6.54 Å². The van der Waals surface area contributed by atoms with E-state index in [1.807, 2.05) is 0 Å². The van der Waals surface area contributed by atoms with Gasteiger partial charge < -0.3 is 18.9 Å². The topological polar surface area (TPSA) is 74.2 Å². The smallest absolute Gasteiger partial charge is 0.472 e. The van der Waals surface area contributed by atoms with E-state index in [1.165, 1.54) is 44.8 Å². The molecule has 0 aromatic heterocycles. The van der Waals surface area contributed by atoms with Crippen molar-refractivity contribution in [2.45, 2.75) is 64.2 Å². The number of rotatable bonds is 19. The molecule has 0 saturated carbocycles. The zero-order valence-corrected chi connectivity index (χ0v) is 19.3. The number of hydrogen-bond donors (Lipinski definition) is 1. The van der Waals surface area contributed by atoms with Gasteiger partial charge in [0.2, 0.25) is 0 Å². The number of phosphoric ester groups is 1. The third kappa shape index (κ3) is 15.1. The molecule has 0 bridgehead atoms. The molecule has 0 aromatic rings. The molecule has 0 spiro atoms. The first-order valence-electron chi connectivity index (χ1n) is 11.2. The van der Waals surface area contributed by atoms with Crippen LogP contribution >= 0.6 is 7.82 Å². The zero-order valence-electron chi connectivity index (χ0n) is 18.4. The maximum Gasteiger partial charge on any atom is 0.472 e. The van der Waals surface area contributed by atoms with Crippen LogP contribution in [0.4, 0.5) is 0 Å². The summed E-state index contributed by atoms with van der Waals surface area (Å²) >= 11 is 0. The molecular weight excluding hydrogens is 393 g/mol. The molecule has 0 aliphatic carbocycles. The summed E-state index contributed by atoms with van der Waals surface area (Å²) in [5.41, 5.74) is 0. The summed E-state index contributed by atoms with van der Waals surface area (Å²) in [6, 6.07) is 0. The first kappa shape index (κ1) is 26.6. The second-order valence-electron chi connectivity index (χ2n) is 8.11. The Labute approximate surface area is 177 Å². The van der Waals surface area contributed by atoms with Gasteiger partial charge in [-0.1, -0.05) is 57.9 Å². The van der Waals surface area contributed by atoms with Gasteiger partial charge in [-0.15, -0.1) is 0 Å². The Balaban J connectivity index is 1.88. The molecule has 1 saturated heterocycles. The number of ether oxygens (including phenoxy) is 2. The molecule has 8 heteroatoms. The van der Waals surface area contributed by atoms with Crippen molar-refractivity contribution in [1.82, 2.24) is 0 Å². The maximum atomic E-state index is 11.9. The molecule has 1 N–H and O–H groups in total. The SMILES string of the molecule is C=COCCCCCCCCCCCCOP(=O)(O)OCC[N+]1(C)CCOCC1. The molecule has 29 heavy (non-hydrogen) atoms. The van der Waals surface area contributed by atoms with Crippen molar-refractivity contribution in [3.8, 4) is 0 Å². The van der Waals surface area contributed by atoms with Crippen molar-refractivity contribution in [2.24, 2.45) is 0 Å². The Bertz CT molecular complexity index is 456. The molecule has 7 nitrogen and oxygen atoms in total. The fraction of sp³-hybridized carbons (Fsp3) is 0.905. The van der Waals surface area contributed by atoms with Crippen LogP contribution in [0.15, 0.2) is 12.8 Å². The predicted octanol–water partition coefficient (Wildman–Crippen LogP) is 4.66. The summed E-state index contributed by atoms with van der Waals surface area (Å²) in [4.78, 5) is 9.79. The molecule has 1 rings (SSSR count). The van der Waals surface area contributed by atoms with E-state index in [-0.39, 0.29) is 13.2 Å². The van der Waals surface area contributed by atoms with E-state index in [2.05, 4.69) is 13.6 Å². The minimum Gasteiger partial charge on any atom is -0.502 e. The van der Waals surface area contributed by atoms with Gasteiger partial charge in [0.1, 0.15) is 26.2 Å². The second-order valence-corrected chi connectivity index (χ2v) is 9.56. The Morgan fingerprint density at radius 3 is 1.93 bits per heavy atom. The number of unbranched alkanes of at least 4 members (excludes halogenated alkanes) is 9. The van der Waals surface area contributed by atoms with Crippen molar-refractivity contribution < 1.29 is 32.5 Å². The van der Waals surface area contributed by atoms with Crippen LogP contribution in [0, 0.1) is 0 Å². The van der Waals surface area contributed by atoms with Gasteiger partial charge in [0.05, 0.1) is 39.7 Å². The van der Waals surface area contributed by atoms with E-state index < -0.39 is 7.82 Å². The van der Waals surface area contributed by atoms with Crippen molar-refractivity contribution in [3.63, 3.8) is 0 Å². The van der Waals surface area contributed by atoms with Crippen molar-refractivity contribution >= 4 is 7.82 Å². The van der Waals surface area contributed by atoms with Crippen LogP contribution in [-0.2, 0) is 23.1 Å². The van der Waals surface area contributed by atoms with Crippen molar-refractivity contribution in [1.29, 1.82) is 0 Å². The summed E-state index contributed by atoms with van der Waals surface area (Å²) in [6.07, 6.45) is 13.1. The van der Waals surface area contributed by atoms with Gasteiger partial charge in [0, 0.05) is 0 Å². The van der Waals surface area contributed by atoms with E-state index in [1.54, 1.807) is 0 Å². The average molecular weight is 437 g/mol. The normalized spacial score (nSPS) is 18.3. The van der Waals surface area contributed by atoms with Gasteiger partial charge in [0.15, 0.2) is 0 Å². The van der Waals surface area contributed by atoms with Gasteiger partial charge in [-0.05, 0) is 12.8 Å². The zero-order chi connectivity index (χ0) is 21.3. The van der Waals surface area contributed by atoms with Crippen LogP contribution in [-0.4, -0.2) is 69.1 Å². The third-order valence-corrected chi connectivity index (χ3v) is 6.48. The molecule has 1 aliphatic rings. The van der Waals surface area contributed by atoms with Gasteiger partial charge in [-0.25, -0.2) is 4.57 Å². The summed E-state index contributed by atoms with van der Waals surface area (Å²) in [7, 11) is -1.81. The number of likely N-dealkylation sites (N-methyl/N-ethyl adjacent to an activating group) is 1. The highest BCUT2D eigenvalue weighted by molar-refractivity contribution is 7.47. The largest absolute Gasteiger partial charge is 0.502 e. The lowest BCUT2D eigenvalue weighted by Gasteiger charge is -2.37. The predicted molar refractivity (Wildman–Crippen MR) is 116 cm³/mol. The molecule has 1 atom stereocenters. The van der Waals surface area contributed by atoms with Gasteiger partial charge >= 0.3 is 7.82 Å². The maximum absolute atomic E-state index is 11.9. The first-order chi connectivity index (χ1) is 14.0. The van der Waals surface area contributed by atoms with E-state index in [4.69, 9.17) is 18.5 Å². The molecule has 0 amide bonds. The van der Waals surface area contributed by atoms with Crippen LogP contribution in [0.1, 0.15) is 64.2 Å². The van der Waals surface area contributed by atoms with E-state index in [9.17, 15) is 9.46 Å². The van der Waals surface area contributed by atoms with E-state index in [0.717, 1.165) is 63.1 Å². The highest BCUT2D eigenvalue weighted by Gasteiger charge is 2.27. The van der Waals surface area contributed by atoms with Gasteiger partial charge in [-0.3, -0.25) is 9.05 Å². The average Bonchev–Trinajstić information content (AvgIpc) is 2.68. The Morgan fingerprint density at radius 1 is 0.897 bits per heavy atom. The number of phosphoric acid groups is 1. The summed E-state index contributed by atoms with van der Waals surface area (Å²) in [5, 5.41) is 0. The quantitative estimate of drug-likeness (QED) is 0.137. The lowest BCUT2D eigenvalue weighted by atomic mass is 10.1. The molecule has 1 aliphatic heterocycles. The highest BCUT2D eigenvalue weighted by Crippen LogP contribution is 2.43. The molecule has 172 valence electrons. The van der Waals surface area contributed by atoms with Crippen LogP contribution in [0.25, 0.3) is 0 Å². The van der Waals surface area contributed by atoms with Crippen LogP contribution in [0.2, 0.25) is 0 Å². The number of morpholine rings is 1. The Morgan fingerprint density at radius 2 is 1.38 bits per heavy atom. The monoisotopic (exact) mass is 436 g/mol. The third-order valence-electron chi connectivity index (χ3n) is 5.47. The number of quaternary nitrogens is 1. The summed E-state index contributed by atoms with van der Waals surface area (Å²) in [5.74, 6) is 0. The van der Waals surface area contributed by atoms with Crippen LogP contribution in [0.3, 0.4) is 0 Å². The minimum absolute atomic E-state index is 0.228. The minimum atomic E-state index is -3.93. The number of hydrogen-bond acceptors (Lipinski definition) is 5. The van der Waals surface area contributed by atoms with Crippen LogP contribution in [0.5, 0.6) is 0 Å². The van der Waals surface area contributed by atoms with Crippen molar-refractivity contribution in [3.05, 3.63) is 12.8 Å². The summed E-state index contributed by atoms with van der Waals surface area (Å²) < 4.78 is 33.4. The molecule has 1 unspecified atom stereocenters. The fourth-order valence-electron chi connectivity index (χ4n) is 3.39. The molecule has 0 radical (unpaired) electrons. The molecule has 1 fully saturated rings. The second kappa shape index (κ2) is 16.3. The first-order valence-corrected chi connectivity index (χ1v) is 12.7. The number of nitrogens with zero attached hydrogens (tertiary/aromatic N) is 1. The van der Waals surface area contributed by atoms with Crippen LogP contribution < -0.4 is 0 Å². The van der Waals surface area contributed by atoms with Crippen molar-refractivity contribution in [2.75, 3.05) is 59.7 Å². The van der Waals surface area contributed by atoms with Gasteiger partial charge in [0.25, 0.3) is 0 Å². The molecule has 0 aromatic carbocycles. The molecular formula is C21H43NO6P+. The Kier molecular flexibility index (Phi) is 14.9. The Hall–Kier alpha value is -0.430. The highest BCUT2D eigenvalue weighted by atomic mass is 31.2. The van der Waals surface area contributed by atoms with Gasteiger partial charge in [-0.2, -0.15) is 0 Å². The lowest BCUT2D eigenvalue weighted by molar-refractivity contribution is -0.916. The molecule has 1 heterocycles. The lowest BCUT2D eigenvalue weighted by Crippen LogP contribution is -2.53. The standard InChI is InChI=1S/C21H42NO6P/c1-3-25-17-12-10-8-6-4-5-7-9-11-13-18-27-29(23,24)28-21-16-22(2)14-19-26-20-15-22/h3H,1,4-21H2,2H3/p+1. The summed E-state index contributed by atoms with van der Waals surface area (Å²) in [6.45, 7) is 8.79. The fourth-order valence-corrected chi connectivity index (χ4v) is 4.13.